The molecular formula is C13H24O. The molecule has 0 saturated carbocycles. The molecule has 1 atom stereocenters. The van der Waals surface area contributed by atoms with Crippen molar-refractivity contribution in [3.63, 3.8) is 0 Å². The highest BCUT2D eigenvalue weighted by atomic mass is 16.5. The minimum atomic E-state index is 0.146. The summed E-state index contributed by atoms with van der Waals surface area (Å²) in [6, 6.07) is 0. The number of rotatable bonds is 0. The minimum absolute atomic E-state index is 0.146. The average Bonchev–Trinajstić information content (AvgIpc) is 2.27. The second-order valence-electron chi connectivity index (χ2n) is 6.44. The maximum Gasteiger partial charge on any atom is 0.102 e. The fourth-order valence-electron chi connectivity index (χ4n) is 1.97. The predicted octanol–water partition coefficient (Wildman–Crippen LogP) is 4.14. The van der Waals surface area contributed by atoms with Gasteiger partial charge in [-0.15, -0.1) is 0 Å². The van der Waals surface area contributed by atoms with Crippen molar-refractivity contribution in [2.75, 3.05) is 0 Å². The largest absolute Gasteiger partial charge is 0.494 e. The molecule has 14 heavy (non-hydrogen) atoms. The molecule has 1 rings (SSSR count). The lowest BCUT2D eigenvalue weighted by atomic mass is 9.79. The van der Waals surface area contributed by atoms with Crippen LogP contribution in [0.4, 0.5) is 0 Å². The third-order valence-electron chi connectivity index (χ3n) is 2.67. The zero-order valence-electron chi connectivity index (χ0n) is 10.7. The summed E-state index contributed by atoms with van der Waals surface area (Å²) in [6.07, 6.45) is 1.45. The molecule has 1 unspecified atom stereocenters. The van der Waals surface area contributed by atoms with Crippen molar-refractivity contribution in [1.82, 2.24) is 0 Å². The molecule has 0 spiro atoms. The van der Waals surface area contributed by atoms with Crippen molar-refractivity contribution >= 4 is 0 Å². The Kier molecular flexibility index (Phi) is 2.73. The molecule has 1 aliphatic rings. The van der Waals surface area contributed by atoms with Crippen molar-refractivity contribution < 1.29 is 4.74 Å². The van der Waals surface area contributed by atoms with Crippen molar-refractivity contribution in [2.24, 2.45) is 10.8 Å². The van der Waals surface area contributed by atoms with Gasteiger partial charge in [0.15, 0.2) is 0 Å². The van der Waals surface area contributed by atoms with Crippen LogP contribution in [0.1, 0.15) is 54.9 Å². The second-order valence-corrected chi connectivity index (χ2v) is 6.44. The van der Waals surface area contributed by atoms with E-state index < -0.39 is 0 Å². The third kappa shape index (κ3) is 2.31. The van der Waals surface area contributed by atoms with Gasteiger partial charge < -0.3 is 4.74 Å². The number of allylic oxidation sites excluding steroid dienone is 1. The van der Waals surface area contributed by atoms with Crippen molar-refractivity contribution in [3.8, 4) is 0 Å². The van der Waals surface area contributed by atoms with Gasteiger partial charge in [-0.2, -0.15) is 0 Å². The van der Waals surface area contributed by atoms with Crippen LogP contribution in [-0.2, 0) is 4.74 Å². The lowest BCUT2D eigenvalue weighted by Crippen LogP contribution is -2.16. The molecule has 0 N–H and O–H groups in total. The van der Waals surface area contributed by atoms with E-state index in [4.69, 9.17) is 4.74 Å². The van der Waals surface area contributed by atoms with Gasteiger partial charge in [-0.1, -0.05) is 41.5 Å². The highest BCUT2D eigenvalue weighted by Gasteiger charge is 2.35. The zero-order valence-corrected chi connectivity index (χ0v) is 10.7. The molecule has 0 aliphatic carbocycles. The Morgan fingerprint density at radius 1 is 1.00 bits per heavy atom. The second kappa shape index (κ2) is 3.29. The van der Waals surface area contributed by atoms with Crippen LogP contribution in [0.25, 0.3) is 0 Å². The topological polar surface area (TPSA) is 9.23 Å². The monoisotopic (exact) mass is 196 g/mol. The Morgan fingerprint density at radius 2 is 1.50 bits per heavy atom. The van der Waals surface area contributed by atoms with Crippen LogP contribution in [0.5, 0.6) is 0 Å². The van der Waals surface area contributed by atoms with Gasteiger partial charge in [-0.3, -0.25) is 0 Å². The SMILES string of the molecule is CC1CC(C(C)(C)C)=C(C(C)(C)C)O1. The first kappa shape index (κ1) is 11.6. The van der Waals surface area contributed by atoms with Crippen LogP contribution in [0, 0.1) is 10.8 Å². The van der Waals surface area contributed by atoms with Crippen LogP contribution in [0.2, 0.25) is 0 Å². The van der Waals surface area contributed by atoms with E-state index in [1.807, 2.05) is 0 Å². The van der Waals surface area contributed by atoms with Gasteiger partial charge in [-0.05, 0) is 17.9 Å². The first-order valence-electron chi connectivity index (χ1n) is 5.53. The van der Waals surface area contributed by atoms with Crippen LogP contribution in [-0.4, -0.2) is 6.10 Å². The number of ether oxygens (including phenoxy) is 1. The summed E-state index contributed by atoms with van der Waals surface area (Å²) >= 11 is 0. The molecule has 0 aromatic heterocycles. The standard InChI is InChI=1S/C13H24O/c1-9-8-10(12(2,3)4)11(14-9)13(5,6)7/h9H,8H2,1-7H3. The van der Waals surface area contributed by atoms with E-state index in [2.05, 4.69) is 48.5 Å². The maximum absolute atomic E-state index is 5.94. The molecule has 0 radical (unpaired) electrons. The van der Waals surface area contributed by atoms with Gasteiger partial charge in [0.05, 0.1) is 6.10 Å². The molecule has 1 nitrogen and oxygen atoms in total. The summed E-state index contributed by atoms with van der Waals surface area (Å²) in [7, 11) is 0. The zero-order chi connectivity index (χ0) is 11.1. The average molecular weight is 196 g/mol. The van der Waals surface area contributed by atoms with Crippen LogP contribution < -0.4 is 0 Å². The van der Waals surface area contributed by atoms with E-state index in [0.29, 0.717) is 6.10 Å². The molecule has 1 heterocycles. The molecule has 0 bridgehead atoms. The van der Waals surface area contributed by atoms with E-state index in [1.54, 1.807) is 0 Å². The van der Waals surface area contributed by atoms with Crippen LogP contribution >= 0.6 is 0 Å². The highest BCUT2D eigenvalue weighted by molar-refractivity contribution is 5.24. The molecule has 0 aromatic carbocycles. The van der Waals surface area contributed by atoms with E-state index >= 15 is 0 Å². The van der Waals surface area contributed by atoms with Gasteiger partial charge in [0.2, 0.25) is 0 Å². The van der Waals surface area contributed by atoms with Crippen molar-refractivity contribution in [1.29, 1.82) is 0 Å². The quantitative estimate of drug-likeness (QED) is 0.565. The molecule has 0 amide bonds. The van der Waals surface area contributed by atoms with Crippen molar-refractivity contribution in [2.45, 2.75) is 61.0 Å². The van der Waals surface area contributed by atoms with Crippen LogP contribution in [0.15, 0.2) is 11.3 Å². The van der Waals surface area contributed by atoms with Gasteiger partial charge in [0, 0.05) is 11.8 Å². The summed E-state index contributed by atoms with van der Waals surface area (Å²) in [4.78, 5) is 0. The summed E-state index contributed by atoms with van der Waals surface area (Å²) in [5.74, 6) is 1.22. The third-order valence-corrected chi connectivity index (χ3v) is 2.67. The Balaban J connectivity index is 3.08. The predicted molar refractivity (Wildman–Crippen MR) is 61.1 cm³/mol. The van der Waals surface area contributed by atoms with E-state index in [1.165, 1.54) is 11.3 Å². The summed E-state index contributed by atoms with van der Waals surface area (Å²) in [6.45, 7) is 15.7. The van der Waals surface area contributed by atoms with Gasteiger partial charge in [0.1, 0.15) is 5.76 Å². The molecule has 1 heteroatoms. The first-order chi connectivity index (χ1) is 6.12. The summed E-state index contributed by atoms with van der Waals surface area (Å²) < 4.78 is 5.94. The fraction of sp³-hybridized carbons (Fsp3) is 0.846. The lowest BCUT2D eigenvalue weighted by Gasteiger charge is -2.27. The van der Waals surface area contributed by atoms with Gasteiger partial charge in [-0.25, -0.2) is 0 Å². The van der Waals surface area contributed by atoms with E-state index in [0.717, 1.165) is 6.42 Å². The Labute approximate surface area is 88.5 Å². The van der Waals surface area contributed by atoms with Gasteiger partial charge >= 0.3 is 0 Å². The van der Waals surface area contributed by atoms with E-state index in [9.17, 15) is 0 Å². The maximum atomic E-state index is 5.94. The van der Waals surface area contributed by atoms with Crippen LogP contribution in [0.3, 0.4) is 0 Å². The first-order valence-corrected chi connectivity index (χ1v) is 5.53. The lowest BCUT2D eigenvalue weighted by molar-refractivity contribution is 0.115. The normalized spacial score (nSPS) is 24.1. The Morgan fingerprint density at radius 3 is 1.79 bits per heavy atom. The van der Waals surface area contributed by atoms with Gasteiger partial charge in [0.25, 0.3) is 0 Å². The summed E-state index contributed by atoms with van der Waals surface area (Å²) in [5, 5.41) is 0. The molecule has 82 valence electrons. The molecule has 0 fully saturated rings. The van der Waals surface area contributed by atoms with Crippen molar-refractivity contribution in [3.05, 3.63) is 11.3 Å². The van der Waals surface area contributed by atoms with E-state index in [-0.39, 0.29) is 10.8 Å². The molecule has 0 aromatic rings. The minimum Gasteiger partial charge on any atom is -0.494 e. The molecular weight excluding hydrogens is 172 g/mol. The number of hydrogen-bond acceptors (Lipinski definition) is 1. The smallest absolute Gasteiger partial charge is 0.102 e. The Bertz CT molecular complexity index is 221. The Hall–Kier alpha value is -0.460. The summed E-state index contributed by atoms with van der Waals surface area (Å²) in [5.41, 5.74) is 1.89. The number of hydrogen-bond donors (Lipinski definition) is 0. The molecule has 1 aliphatic heterocycles. The highest BCUT2D eigenvalue weighted by Crippen LogP contribution is 2.44. The fourth-order valence-corrected chi connectivity index (χ4v) is 1.97. The molecule has 0 saturated heterocycles.